The topological polar surface area (TPSA) is 50.7 Å². The van der Waals surface area contributed by atoms with E-state index in [1.165, 1.54) is 18.2 Å². The second kappa shape index (κ2) is 7.74. The minimum atomic E-state index is -0.512. The van der Waals surface area contributed by atoms with Crippen LogP contribution in [0.1, 0.15) is 16.7 Å². The highest BCUT2D eigenvalue weighted by molar-refractivity contribution is 6.33. The molecular formula is C17H16ClFN2O2. The third kappa shape index (κ3) is 4.53. The van der Waals surface area contributed by atoms with Gasteiger partial charge in [0.15, 0.2) is 6.61 Å². The predicted molar refractivity (Wildman–Crippen MR) is 88.6 cm³/mol. The maximum absolute atomic E-state index is 13.5. The summed E-state index contributed by atoms with van der Waals surface area (Å²) < 4.78 is 19.0. The lowest BCUT2D eigenvalue weighted by Crippen LogP contribution is -2.24. The fourth-order valence-corrected chi connectivity index (χ4v) is 2.07. The van der Waals surface area contributed by atoms with Crippen LogP contribution in [0.25, 0.3) is 0 Å². The molecule has 0 saturated carbocycles. The molecule has 2 rings (SSSR count). The molecule has 0 unspecified atom stereocenters. The molecule has 0 fully saturated rings. The highest BCUT2D eigenvalue weighted by atomic mass is 35.5. The number of hydrogen-bond acceptors (Lipinski definition) is 3. The zero-order valence-electron chi connectivity index (χ0n) is 12.8. The van der Waals surface area contributed by atoms with Crippen LogP contribution >= 0.6 is 11.6 Å². The molecule has 0 bridgehead atoms. The monoisotopic (exact) mass is 334 g/mol. The number of aryl methyl sites for hydroxylation is 1. The number of carbonyl (C=O) groups excluding carboxylic acids is 1. The van der Waals surface area contributed by atoms with Gasteiger partial charge in [0, 0.05) is 5.56 Å². The van der Waals surface area contributed by atoms with Crippen LogP contribution in [0.15, 0.2) is 41.5 Å². The van der Waals surface area contributed by atoms with Gasteiger partial charge in [0.25, 0.3) is 5.91 Å². The van der Waals surface area contributed by atoms with E-state index in [9.17, 15) is 9.18 Å². The zero-order valence-corrected chi connectivity index (χ0v) is 13.5. The number of benzene rings is 2. The van der Waals surface area contributed by atoms with Gasteiger partial charge < -0.3 is 4.74 Å². The third-order valence-electron chi connectivity index (χ3n) is 3.30. The number of amides is 1. The zero-order chi connectivity index (χ0) is 16.8. The lowest BCUT2D eigenvalue weighted by molar-refractivity contribution is -0.123. The summed E-state index contributed by atoms with van der Waals surface area (Å²) in [6.45, 7) is 3.69. The van der Waals surface area contributed by atoms with Crippen molar-refractivity contribution in [2.24, 2.45) is 5.10 Å². The minimum Gasteiger partial charge on any atom is -0.483 e. The lowest BCUT2D eigenvalue weighted by Gasteiger charge is -2.09. The van der Waals surface area contributed by atoms with Gasteiger partial charge >= 0.3 is 0 Å². The first-order valence-electron chi connectivity index (χ1n) is 6.94. The Labute approximate surface area is 138 Å². The maximum atomic E-state index is 13.5. The lowest BCUT2D eigenvalue weighted by atomic mass is 10.1. The standard InChI is InChI=1S/C17H16ClFN2O2/c1-11-5-3-8-16(12(11)2)23-10-17(22)21-20-9-13-14(18)6-4-7-15(13)19/h3-9H,10H2,1-2H3,(H,21,22)/b20-9+. The molecule has 0 aliphatic carbocycles. The predicted octanol–water partition coefficient (Wildman–Crippen LogP) is 3.63. The molecule has 0 spiro atoms. The van der Waals surface area contributed by atoms with E-state index >= 15 is 0 Å². The molecule has 2 aromatic carbocycles. The number of halogens is 2. The highest BCUT2D eigenvalue weighted by Crippen LogP contribution is 2.20. The van der Waals surface area contributed by atoms with E-state index in [4.69, 9.17) is 16.3 Å². The van der Waals surface area contributed by atoms with Crippen LogP contribution in [0, 0.1) is 19.7 Å². The molecule has 2 aromatic rings. The van der Waals surface area contributed by atoms with Gasteiger partial charge in [-0.25, -0.2) is 9.82 Å². The smallest absolute Gasteiger partial charge is 0.277 e. The molecule has 0 aromatic heterocycles. The van der Waals surface area contributed by atoms with E-state index in [-0.39, 0.29) is 17.2 Å². The highest BCUT2D eigenvalue weighted by Gasteiger charge is 2.06. The first kappa shape index (κ1) is 17.0. The Morgan fingerprint density at radius 1 is 1.30 bits per heavy atom. The van der Waals surface area contributed by atoms with Crippen LogP contribution in [-0.4, -0.2) is 18.7 Å². The Morgan fingerprint density at radius 2 is 2.04 bits per heavy atom. The van der Waals surface area contributed by atoms with Crippen molar-refractivity contribution in [2.75, 3.05) is 6.61 Å². The van der Waals surface area contributed by atoms with Gasteiger partial charge in [0.05, 0.1) is 11.2 Å². The van der Waals surface area contributed by atoms with Crippen molar-refractivity contribution in [3.63, 3.8) is 0 Å². The average Bonchev–Trinajstić information content (AvgIpc) is 2.51. The van der Waals surface area contributed by atoms with Crippen LogP contribution in [-0.2, 0) is 4.79 Å². The molecule has 0 aliphatic heterocycles. The summed E-state index contributed by atoms with van der Waals surface area (Å²) in [5, 5.41) is 3.90. The molecule has 6 heteroatoms. The summed E-state index contributed by atoms with van der Waals surface area (Å²) in [6.07, 6.45) is 1.16. The fraction of sp³-hybridized carbons (Fsp3) is 0.176. The molecule has 1 N–H and O–H groups in total. The summed E-state index contributed by atoms with van der Waals surface area (Å²) >= 11 is 5.85. The number of nitrogens with one attached hydrogen (secondary N) is 1. The SMILES string of the molecule is Cc1cccc(OCC(=O)N/N=C/c2c(F)cccc2Cl)c1C. The Balaban J connectivity index is 1.90. The molecule has 4 nitrogen and oxygen atoms in total. The first-order chi connectivity index (χ1) is 11.0. The number of nitrogens with zero attached hydrogens (tertiary/aromatic N) is 1. The molecule has 120 valence electrons. The second-order valence-corrected chi connectivity index (χ2v) is 5.32. The minimum absolute atomic E-state index is 0.116. The first-order valence-corrected chi connectivity index (χ1v) is 7.31. The molecule has 1 amide bonds. The van der Waals surface area contributed by atoms with Gasteiger partial charge in [-0.3, -0.25) is 4.79 Å². The molecule has 0 aliphatic rings. The second-order valence-electron chi connectivity index (χ2n) is 4.92. The number of rotatable bonds is 5. The Kier molecular flexibility index (Phi) is 5.71. The normalized spacial score (nSPS) is 10.8. The van der Waals surface area contributed by atoms with E-state index in [2.05, 4.69) is 10.5 Å². The molecule has 0 atom stereocenters. The van der Waals surface area contributed by atoms with Crippen molar-refractivity contribution in [3.8, 4) is 5.75 Å². The largest absolute Gasteiger partial charge is 0.483 e. The van der Waals surface area contributed by atoms with E-state index in [0.717, 1.165) is 17.3 Å². The van der Waals surface area contributed by atoms with Crippen molar-refractivity contribution in [3.05, 3.63) is 63.9 Å². The number of ether oxygens (including phenoxy) is 1. The molecular weight excluding hydrogens is 319 g/mol. The van der Waals surface area contributed by atoms with Gasteiger partial charge in [0.2, 0.25) is 0 Å². The Hall–Kier alpha value is -2.40. The van der Waals surface area contributed by atoms with Gasteiger partial charge in [-0.15, -0.1) is 0 Å². The van der Waals surface area contributed by atoms with Crippen LogP contribution < -0.4 is 10.2 Å². The Bertz CT molecular complexity index is 727. The van der Waals surface area contributed by atoms with Gasteiger partial charge in [-0.05, 0) is 43.2 Å². The summed E-state index contributed by atoms with van der Waals surface area (Å²) in [5.41, 5.74) is 4.44. The van der Waals surface area contributed by atoms with E-state index < -0.39 is 11.7 Å². The summed E-state index contributed by atoms with van der Waals surface area (Å²) in [5.74, 6) is -0.321. The van der Waals surface area contributed by atoms with Crippen LogP contribution in [0.3, 0.4) is 0 Å². The van der Waals surface area contributed by atoms with Gasteiger partial charge in [0.1, 0.15) is 11.6 Å². The molecule has 0 radical (unpaired) electrons. The van der Waals surface area contributed by atoms with Gasteiger partial charge in [-0.2, -0.15) is 5.10 Å². The van der Waals surface area contributed by atoms with Crippen molar-refractivity contribution >= 4 is 23.7 Å². The average molecular weight is 335 g/mol. The number of carbonyl (C=O) groups is 1. The summed E-state index contributed by atoms with van der Waals surface area (Å²) in [7, 11) is 0. The number of hydrazone groups is 1. The van der Waals surface area contributed by atoms with E-state index in [0.29, 0.717) is 5.75 Å². The van der Waals surface area contributed by atoms with Crippen LogP contribution in [0.4, 0.5) is 4.39 Å². The molecule has 0 saturated heterocycles. The van der Waals surface area contributed by atoms with Gasteiger partial charge in [-0.1, -0.05) is 29.8 Å². The van der Waals surface area contributed by atoms with E-state index in [1.807, 2.05) is 26.0 Å². The number of hydrogen-bond donors (Lipinski definition) is 1. The quantitative estimate of drug-likeness (QED) is 0.670. The summed E-state index contributed by atoms with van der Waals surface area (Å²) in [6, 6.07) is 9.90. The van der Waals surface area contributed by atoms with Crippen LogP contribution in [0.5, 0.6) is 5.75 Å². The maximum Gasteiger partial charge on any atom is 0.277 e. The summed E-state index contributed by atoms with van der Waals surface area (Å²) in [4.78, 5) is 11.7. The van der Waals surface area contributed by atoms with Crippen LogP contribution in [0.2, 0.25) is 5.02 Å². The third-order valence-corrected chi connectivity index (χ3v) is 3.63. The van der Waals surface area contributed by atoms with Crippen molar-refractivity contribution in [1.29, 1.82) is 0 Å². The fourth-order valence-electron chi connectivity index (χ4n) is 1.86. The molecule has 23 heavy (non-hydrogen) atoms. The van der Waals surface area contributed by atoms with Crippen molar-refractivity contribution < 1.29 is 13.9 Å². The van der Waals surface area contributed by atoms with Crippen molar-refractivity contribution in [2.45, 2.75) is 13.8 Å². The van der Waals surface area contributed by atoms with E-state index in [1.54, 1.807) is 6.07 Å². The van der Waals surface area contributed by atoms with Crippen molar-refractivity contribution in [1.82, 2.24) is 5.43 Å². The molecule has 0 heterocycles. The Morgan fingerprint density at radius 3 is 2.78 bits per heavy atom.